The van der Waals surface area contributed by atoms with Gasteiger partial charge in [-0.15, -0.1) is 0 Å². The van der Waals surface area contributed by atoms with Crippen LogP contribution in [0.1, 0.15) is 23.3 Å². The lowest BCUT2D eigenvalue weighted by molar-refractivity contribution is 0.0120. The molecule has 1 aliphatic heterocycles. The minimum Gasteiger partial charge on any atom is -0.377 e. The number of ether oxygens (including phenoxy) is 1. The molecule has 0 atom stereocenters. The number of amides is 1. The largest absolute Gasteiger partial charge is 0.377 e. The third-order valence-electron chi connectivity index (χ3n) is 3.15. The summed E-state index contributed by atoms with van der Waals surface area (Å²) in [5.74, 6) is -0.595. The second-order valence-electron chi connectivity index (χ2n) is 4.51. The molecule has 1 fully saturated rings. The number of aromatic nitrogens is 1. The number of hydrogen-bond donors (Lipinski definition) is 1. The fraction of sp³-hybridized carbons (Fsp3) is 0.538. The van der Waals surface area contributed by atoms with E-state index in [1.807, 2.05) is 0 Å². The number of likely N-dealkylation sites (tertiary alicyclic amines) is 1. The molecule has 0 bridgehead atoms. The van der Waals surface area contributed by atoms with E-state index in [9.17, 15) is 9.18 Å². The van der Waals surface area contributed by atoms with Crippen LogP contribution in [0.3, 0.4) is 0 Å². The van der Waals surface area contributed by atoms with Crippen molar-refractivity contribution in [1.29, 1.82) is 0 Å². The number of halogens is 1. The van der Waals surface area contributed by atoms with Crippen molar-refractivity contribution in [2.75, 3.05) is 26.2 Å². The zero-order chi connectivity index (χ0) is 13.7. The highest BCUT2D eigenvalue weighted by atomic mass is 19.1. The van der Waals surface area contributed by atoms with Crippen LogP contribution in [0.15, 0.2) is 18.3 Å². The minimum atomic E-state index is -0.439. The predicted molar refractivity (Wildman–Crippen MR) is 68.1 cm³/mol. The van der Waals surface area contributed by atoms with Crippen LogP contribution in [0.5, 0.6) is 0 Å². The van der Waals surface area contributed by atoms with Gasteiger partial charge in [0.25, 0.3) is 5.91 Å². The number of hydrogen-bond acceptors (Lipinski definition) is 4. The summed E-state index contributed by atoms with van der Waals surface area (Å²) < 4.78 is 18.3. The Bertz CT molecular complexity index is 416. The van der Waals surface area contributed by atoms with Gasteiger partial charge in [0.1, 0.15) is 11.5 Å². The lowest BCUT2D eigenvalue weighted by Gasteiger charge is -2.31. The summed E-state index contributed by atoms with van der Waals surface area (Å²) >= 11 is 0. The molecule has 0 saturated carbocycles. The van der Waals surface area contributed by atoms with Gasteiger partial charge in [0, 0.05) is 19.6 Å². The van der Waals surface area contributed by atoms with E-state index in [1.165, 1.54) is 12.1 Å². The first-order valence-corrected chi connectivity index (χ1v) is 6.43. The molecule has 1 amide bonds. The average molecular weight is 267 g/mol. The Morgan fingerprint density at radius 2 is 2.21 bits per heavy atom. The Labute approximate surface area is 111 Å². The number of nitrogens with zero attached hydrogens (tertiary/aromatic N) is 2. The van der Waals surface area contributed by atoms with Crippen molar-refractivity contribution in [2.45, 2.75) is 18.9 Å². The van der Waals surface area contributed by atoms with Gasteiger partial charge >= 0.3 is 0 Å². The van der Waals surface area contributed by atoms with Gasteiger partial charge < -0.3 is 15.4 Å². The normalized spacial score (nSPS) is 16.6. The van der Waals surface area contributed by atoms with E-state index in [2.05, 4.69) is 4.98 Å². The second kappa shape index (κ2) is 6.58. The van der Waals surface area contributed by atoms with E-state index in [4.69, 9.17) is 10.5 Å². The molecular weight excluding hydrogens is 249 g/mol. The van der Waals surface area contributed by atoms with E-state index >= 15 is 0 Å². The quantitative estimate of drug-likeness (QED) is 0.876. The van der Waals surface area contributed by atoms with Crippen molar-refractivity contribution in [2.24, 2.45) is 5.73 Å². The Morgan fingerprint density at radius 3 is 2.79 bits per heavy atom. The van der Waals surface area contributed by atoms with Crippen molar-refractivity contribution >= 4 is 5.91 Å². The summed E-state index contributed by atoms with van der Waals surface area (Å²) in [6.07, 6.45) is 2.83. The summed E-state index contributed by atoms with van der Waals surface area (Å²) in [7, 11) is 0. The molecule has 2 rings (SSSR count). The molecule has 1 saturated heterocycles. The van der Waals surface area contributed by atoms with Crippen LogP contribution in [0.2, 0.25) is 0 Å². The molecular formula is C13H18FN3O2. The minimum absolute atomic E-state index is 0.155. The molecule has 5 nitrogen and oxygen atoms in total. The molecule has 6 heteroatoms. The summed E-state index contributed by atoms with van der Waals surface area (Å²) in [6.45, 7) is 2.33. The number of carbonyl (C=O) groups is 1. The molecule has 104 valence electrons. The lowest BCUT2D eigenvalue weighted by atomic mass is 10.1. The highest BCUT2D eigenvalue weighted by molar-refractivity contribution is 5.92. The molecule has 0 aromatic carbocycles. The fourth-order valence-corrected chi connectivity index (χ4v) is 2.12. The zero-order valence-corrected chi connectivity index (χ0v) is 10.7. The third kappa shape index (κ3) is 3.71. The van der Waals surface area contributed by atoms with Crippen molar-refractivity contribution in [3.05, 3.63) is 29.8 Å². The lowest BCUT2D eigenvalue weighted by Crippen LogP contribution is -2.41. The van der Waals surface area contributed by atoms with Crippen molar-refractivity contribution in [3.8, 4) is 0 Å². The molecule has 0 unspecified atom stereocenters. The van der Waals surface area contributed by atoms with Crippen molar-refractivity contribution in [1.82, 2.24) is 9.88 Å². The van der Waals surface area contributed by atoms with E-state index in [0.29, 0.717) is 26.2 Å². The van der Waals surface area contributed by atoms with Crippen molar-refractivity contribution in [3.63, 3.8) is 0 Å². The van der Waals surface area contributed by atoms with Crippen LogP contribution in [0.25, 0.3) is 0 Å². The standard InChI is InChI=1S/C13H18FN3O2/c14-10-1-2-12(16-9-10)13(18)17-6-3-11(4-7-17)19-8-5-15/h1-2,9,11H,3-8,15H2. The average Bonchev–Trinajstić information content (AvgIpc) is 2.46. The SMILES string of the molecule is NCCOC1CCN(C(=O)c2ccc(F)cn2)CC1. The molecule has 2 heterocycles. The number of carbonyl (C=O) groups excluding carboxylic acids is 1. The Kier molecular flexibility index (Phi) is 4.81. The number of pyridine rings is 1. The fourth-order valence-electron chi connectivity index (χ4n) is 2.12. The first kappa shape index (κ1) is 13.9. The molecule has 0 radical (unpaired) electrons. The first-order valence-electron chi connectivity index (χ1n) is 6.43. The number of nitrogens with two attached hydrogens (primary N) is 1. The first-order chi connectivity index (χ1) is 9.20. The molecule has 0 spiro atoms. The molecule has 0 aliphatic carbocycles. The number of rotatable bonds is 4. The molecule has 1 aromatic rings. The van der Waals surface area contributed by atoms with Gasteiger partial charge in [0.15, 0.2) is 0 Å². The van der Waals surface area contributed by atoms with Gasteiger partial charge in [0.2, 0.25) is 0 Å². The summed E-state index contributed by atoms with van der Waals surface area (Å²) in [4.78, 5) is 17.6. The van der Waals surface area contributed by atoms with Gasteiger partial charge in [-0.2, -0.15) is 0 Å². The summed E-state index contributed by atoms with van der Waals surface area (Å²) in [6, 6.07) is 2.66. The second-order valence-corrected chi connectivity index (χ2v) is 4.51. The van der Waals surface area contributed by atoms with Gasteiger partial charge in [-0.25, -0.2) is 9.37 Å². The van der Waals surface area contributed by atoms with E-state index in [0.717, 1.165) is 19.0 Å². The van der Waals surface area contributed by atoms with Crippen molar-refractivity contribution < 1.29 is 13.9 Å². The van der Waals surface area contributed by atoms with Crippen LogP contribution in [-0.2, 0) is 4.74 Å². The highest BCUT2D eigenvalue weighted by Gasteiger charge is 2.24. The summed E-state index contributed by atoms with van der Waals surface area (Å²) in [5, 5.41) is 0. The highest BCUT2D eigenvalue weighted by Crippen LogP contribution is 2.15. The Morgan fingerprint density at radius 1 is 1.47 bits per heavy atom. The van der Waals surface area contributed by atoms with Gasteiger partial charge in [0.05, 0.1) is 18.9 Å². The van der Waals surface area contributed by atoms with Gasteiger partial charge in [-0.05, 0) is 25.0 Å². The Hall–Kier alpha value is -1.53. The zero-order valence-electron chi connectivity index (χ0n) is 10.7. The smallest absolute Gasteiger partial charge is 0.272 e. The van der Waals surface area contributed by atoms with E-state index in [-0.39, 0.29) is 17.7 Å². The van der Waals surface area contributed by atoms with Crippen LogP contribution in [0.4, 0.5) is 4.39 Å². The van der Waals surface area contributed by atoms with E-state index < -0.39 is 5.82 Å². The third-order valence-corrected chi connectivity index (χ3v) is 3.15. The van der Waals surface area contributed by atoms with Gasteiger partial charge in [-0.3, -0.25) is 4.79 Å². The predicted octanol–water partition coefficient (Wildman–Crippen LogP) is 0.801. The van der Waals surface area contributed by atoms with E-state index in [1.54, 1.807) is 4.90 Å². The topological polar surface area (TPSA) is 68.5 Å². The number of piperidine rings is 1. The maximum absolute atomic E-state index is 12.7. The molecule has 2 N–H and O–H groups in total. The van der Waals surface area contributed by atoms with Gasteiger partial charge in [-0.1, -0.05) is 0 Å². The molecule has 1 aliphatic rings. The maximum Gasteiger partial charge on any atom is 0.272 e. The van der Waals surface area contributed by atoms with Crippen LogP contribution >= 0.6 is 0 Å². The van der Waals surface area contributed by atoms with Crippen LogP contribution in [0, 0.1) is 5.82 Å². The summed E-state index contributed by atoms with van der Waals surface area (Å²) in [5.41, 5.74) is 5.66. The molecule has 19 heavy (non-hydrogen) atoms. The van der Waals surface area contributed by atoms with Crippen LogP contribution < -0.4 is 5.73 Å². The van der Waals surface area contributed by atoms with Crippen LogP contribution in [-0.4, -0.2) is 48.1 Å². The maximum atomic E-state index is 12.7. The molecule has 1 aromatic heterocycles. The monoisotopic (exact) mass is 267 g/mol. The Balaban J connectivity index is 1.87.